The number of aliphatic hydroxyl groups excluding tert-OH is 1. The summed E-state index contributed by atoms with van der Waals surface area (Å²) in [6, 6.07) is 0. The zero-order valence-corrected chi connectivity index (χ0v) is 21.9. The number of rotatable bonds is 11. The van der Waals surface area contributed by atoms with Crippen molar-refractivity contribution in [2.75, 3.05) is 7.11 Å². The Hall–Kier alpha value is -2.45. The Balaban J connectivity index is 2.43. The van der Waals surface area contributed by atoms with Crippen molar-refractivity contribution < 1.29 is 38.4 Å². The molecule has 2 aliphatic rings. The maximum Gasteiger partial charge on any atom is 0.331 e. The minimum absolute atomic E-state index is 0.0369. The van der Waals surface area contributed by atoms with Crippen molar-refractivity contribution in [2.24, 2.45) is 17.3 Å². The van der Waals surface area contributed by atoms with Gasteiger partial charge in [0, 0.05) is 43.9 Å². The molecule has 2 saturated carbocycles. The summed E-state index contributed by atoms with van der Waals surface area (Å²) in [6.07, 6.45) is 3.88. The number of carbonyl (C=O) groups excluding carboxylic acids is 3. The summed E-state index contributed by atoms with van der Waals surface area (Å²) < 4.78 is 22.6. The number of esters is 3. The van der Waals surface area contributed by atoms with Crippen LogP contribution in [0.25, 0.3) is 0 Å². The molecule has 8 heteroatoms. The lowest BCUT2D eigenvalue weighted by molar-refractivity contribution is -0.179. The molecule has 0 aromatic carbocycles. The summed E-state index contributed by atoms with van der Waals surface area (Å²) in [7, 11) is 1.49. The van der Waals surface area contributed by atoms with E-state index < -0.39 is 53.8 Å². The van der Waals surface area contributed by atoms with Crippen molar-refractivity contribution in [3.05, 3.63) is 36.5 Å². The third-order valence-electron chi connectivity index (χ3n) is 7.41. The van der Waals surface area contributed by atoms with Crippen LogP contribution in [0, 0.1) is 17.3 Å². The first kappa shape index (κ1) is 28.8. The zero-order valence-electron chi connectivity index (χ0n) is 21.9. The SMILES string of the molecule is C=C(C(CC(O)C(C)(C)OC)OC(=O)/C=C\C)[C@@H]1C[C@@H]2C[C@]2(C)[C@H](OC(C)=O)[C@@H]1OC(=O)/C=C\C. The topological polar surface area (TPSA) is 108 Å². The van der Waals surface area contributed by atoms with Gasteiger partial charge in [-0.25, -0.2) is 9.59 Å². The molecule has 0 heterocycles. The number of carbonyl (C=O) groups is 3. The summed E-state index contributed by atoms with van der Waals surface area (Å²) >= 11 is 0. The first-order valence-electron chi connectivity index (χ1n) is 12.1. The van der Waals surface area contributed by atoms with E-state index in [1.165, 1.54) is 26.2 Å². The van der Waals surface area contributed by atoms with Gasteiger partial charge in [-0.3, -0.25) is 4.79 Å². The van der Waals surface area contributed by atoms with Crippen LogP contribution in [0.5, 0.6) is 0 Å². The van der Waals surface area contributed by atoms with E-state index in [1.807, 2.05) is 6.92 Å². The highest BCUT2D eigenvalue weighted by Gasteiger charge is 2.65. The Morgan fingerprint density at radius 1 is 1.14 bits per heavy atom. The van der Waals surface area contributed by atoms with E-state index in [0.29, 0.717) is 12.0 Å². The summed E-state index contributed by atoms with van der Waals surface area (Å²) in [5.41, 5.74) is -0.707. The summed E-state index contributed by atoms with van der Waals surface area (Å²) in [6.45, 7) is 14.5. The molecule has 35 heavy (non-hydrogen) atoms. The van der Waals surface area contributed by atoms with Crippen molar-refractivity contribution in [2.45, 2.75) is 90.8 Å². The van der Waals surface area contributed by atoms with Crippen molar-refractivity contribution in [1.29, 1.82) is 0 Å². The Morgan fingerprint density at radius 3 is 2.29 bits per heavy atom. The highest BCUT2D eigenvalue weighted by Crippen LogP contribution is 2.64. The van der Waals surface area contributed by atoms with E-state index in [-0.39, 0.29) is 17.8 Å². The molecule has 2 rings (SSSR count). The summed E-state index contributed by atoms with van der Waals surface area (Å²) in [5.74, 6) is -1.81. The molecule has 196 valence electrons. The Kier molecular flexibility index (Phi) is 9.48. The van der Waals surface area contributed by atoms with Crippen molar-refractivity contribution in [3.8, 4) is 0 Å². The molecule has 8 nitrogen and oxygen atoms in total. The number of allylic oxidation sites excluding steroid dienone is 2. The third-order valence-corrected chi connectivity index (χ3v) is 7.41. The molecule has 0 saturated heterocycles. The van der Waals surface area contributed by atoms with Crippen molar-refractivity contribution in [3.63, 3.8) is 0 Å². The molecule has 1 N–H and O–H groups in total. The summed E-state index contributed by atoms with van der Waals surface area (Å²) in [4.78, 5) is 36.8. The second-order valence-corrected chi connectivity index (χ2v) is 10.2. The largest absolute Gasteiger partial charge is 0.458 e. The number of aliphatic hydroxyl groups is 1. The lowest BCUT2D eigenvalue weighted by Gasteiger charge is -2.42. The summed E-state index contributed by atoms with van der Waals surface area (Å²) in [5, 5.41) is 10.9. The van der Waals surface area contributed by atoms with Gasteiger partial charge in [-0.1, -0.05) is 25.7 Å². The minimum atomic E-state index is -0.976. The Labute approximate surface area is 208 Å². The molecule has 7 atom stereocenters. The van der Waals surface area contributed by atoms with Gasteiger partial charge in [0.15, 0.2) is 0 Å². The molecule has 0 spiro atoms. The lowest BCUT2D eigenvalue weighted by atomic mass is 9.73. The Morgan fingerprint density at radius 2 is 1.74 bits per heavy atom. The fraction of sp³-hybridized carbons (Fsp3) is 0.667. The molecule has 0 bridgehead atoms. The molecule has 0 aromatic rings. The van der Waals surface area contributed by atoms with Crippen LogP contribution < -0.4 is 0 Å². The van der Waals surface area contributed by atoms with Gasteiger partial charge in [-0.15, -0.1) is 0 Å². The Bertz CT molecular complexity index is 872. The van der Waals surface area contributed by atoms with Crippen LogP contribution in [-0.4, -0.2) is 60.1 Å². The van der Waals surface area contributed by atoms with Gasteiger partial charge >= 0.3 is 17.9 Å². The predicted octanol–water partition coefficient (Wildman–Crippen LogP) is 3.67. The quantitative estimate of drug-likeness (QED) is 0.201. The monoisotopic (exact) mass is 492 g/mol. The van der Waals surface area contributed by atoms with Gasteiger partial charge in [0.1, 0.15) is 18.3 Å². The zero-order chi connectivity index (χ0) is 26.6. The van der Waals surface area contributed by atoms with Gasteiger partial charge < -0.3 is 24.1 Å². The lowest BCUT2D eigenvalue weighted by Crippen LogP contribution is -2.50. The van der Waals surface area contributed by atoms with Crippen LogP contribution in [0.15, 0.2) is 36.5 Å². The average molecular weight is 493 g/mol. The van der Waals surface area contributed by atoms with Crippen LogP contribution in [-0.2, 0) is 33.3 Å². The van der Waals surface area contributed by atoms with Crippen LogP contribution in [0.3, 0.4) is 0 Å². The maximum atomic E-state index is 12.5. The number of methoxy groups -OCH3 is 1. The van der Waals surface area contributed by atoms with Crippen molar-refractivity contribution in [1.82, 2.24) is 0 Å². The van der Waals surface area contributed by atoms with Crippen LogP contribution in [0.2, 0.25) is 0 Å². The molecule has 2 unspecified atom stereocenters. The van der Waals surface area contributed by atoms with Crippen LogP contribution in [0.4, 0.5) is 0 Å². The second kappa shape index (κ2) is 11.5. The van der Waals surface area contributed by atoms with Crippen LogP contribution in [0.1, 0.15) is 60.8 Å². The predicted molar refractivity (Wildman–Crippen MR) is 130 cm³/mol. The normalized spacial score (nSPS) is 29.8. The van der Waals surface area contributed by atoms with Gasteiger partial charge in [0.25, 0.3) is 0 Å². The molecular weight excluding hydrogens is 452 g/mol. The fourth-order valence-electron chi connectivity index (χ4n) is 4.85. The van der Waals surface area contributed by atoms with Gasteiger partial charge in [0.2, 0.25) is 0 Å². The second-order valence-electron chi connectivity index (χ2n) is 10.2. The van der Waals surface area contributed by atoms with E-state index in [2.05, 4.69) is 6.58 Å². The number of hydrogen-bond donors (Lipinski definition) is 1. The fourth-order valence-corrected chi connectivity index (χ4v) is 4.85. The standard InChI is InChI=1S/C27H40O8/c1-9-11-22(30)34-20(14-21(29)26(5,6)32-8)16(3)19-13-18-15-27(18,7)25(33-17(4)28)24(19)35-23(31)12-10-2/h9-12,18-21,24-25,29H,3,13-15H2,1-2,4-8H3/b11-9-,12-10-/t18-,19+,20?,21?,24-,25-,27+/m1/s1. The average Bonchev–Trinajstić information content (AvgIpc) is 3.45. The van der Waals surface area contributed by atoms with Gasteiger partial charge in [0.05, 0.1) is 11.7 Å². The first-order valence-corrected chi connectivity index (χ1v) is 12.1. The first-order chi connectivity index (χ1) is 16.3. The molecule has 2 fully saturated rings. The van der Waals surface area contributed by atoms with E-state index >= 15 is 0 Å². The number of hydrogen-bond acceptors (Lipinski definition) is 8. The molecule has 0 radical (unpaired) electrons. The highest BCUT2D eigenvalue weighted by atomic mass is 16.6. The van der Waals surface area contributed by atoms with E-state index in [0.717, 1.165) is 6.42 Å². The molecular formula is C27H40O8. The van der Waals surface area contributed by atoms with Gasteiger partial charge in [-0.05, 0) is 52.0 Å². The molecule has 2 aliphatic carbocycles. The molecule has 0 amide bonds. The minimum Gasteiger partial charge on any atom is -0.458 e. The van der Waals surface area contributed by atoms with E-state index in [1.54, 1.807) is 39.8 Å². The van der Waals surface area contributed by atoms with Crippen LogP contribution >= 0.6 is 0 Å². The van der Waals surface area contributed by atoms with E-state index in [4.69, 9.17) is 18.9 Å². The molecule has 0 aromatic heterocycles. The maximum absolute atomic E-state index is 12.5. The van der Waals surface area contributed by atoms with Crippen molar-refractivity contribution >= 4 is 17.9 Å². The smallest absolute Gasteiger partial charge is 0.331 e. The molecule has 0 aliphatic heterocycles. The third kappa shape index (κ3) is 6.82. The number of ether oxygens (including phenoxy) is 4. The number of fused-ring (bicyclic) bond motifs is 1. The van der Waals surface area contributed by atoms with Gasteiger partial charge in [-0.2, -0.15) is 0 Å². The highest BCUT2D eigenvalue weighted by molar-refractivity contribution is 5.82. The van der Waals surface area contributed by atoms with E-state index in [9.17, 15) is 19.5 Å².